The van der Waals surface area contributed by atoms with E-state index >= 15 is 0 Å². The molecule has 0 saturated heterocycles. The van der Waals surface area contributed by atoms with Gasteiger partial charge in [0.2, 0.25) is 0 Å². The Hall–Kier alpha value is -2.87. The summed E-state index contributed by atoms with van der Waals surface area (Å²) in [7, 11) is 0. The second-order valence-electron chi connectivity index (χ2n) is 6.58. The minimum absolute atomic E-state index is 0.0756. The monoisotopic (exact) mass is 379 g/mol. The van der Waals surface area contributed by atoms with Gasteiger partial charge in [-0.2, -0.15) is 10.2 Å². The van der Waals surface area contributed by atoms with Crippen molar-refractivity contribution in [3.05, 3.63) is 75.5 Å². The molecule has 0 radical (unpaired) electrons. The van der Waals surface area contributed by atoms with Crippen LogP contribution in [0.3, 0.4) is 0 Å². The van der Waals surface area contributed by atoms with Crippen molar-refractivity contribution in [1.29, 1.82) is 0 Å². The predicted molar refractivity (Wildman–Crippen MR) is 104 cm³/mol. The van der Waals surface area contributed by atoms with Crippen LogP contribution in [0.4, 0.5) is 0 Å². The van der Waals surface area contributed by atoms with Crippen LogP contribution < -0.4 is 0 Å². The van der Waals surface area contributed by atoms with E-state index in [1.807, 2.05) is 46.7 Å². The van der Waals surface area contributed by atoms with Crippen LogP contribution in [0.25, 0.3) is 0 Å². The molecule has 8 heteroatoms. The van der Waals surface area contributed by atoms with Gasteiger partial charge >= 0.3 is 0 Å². The average molecular weight is 379 g/mol. The number of hydrogen-bond donors (Lipinski definition) is 0. The van der Waals surface area contributed by atoms with Crippen molar-refractivity contribution in [2.75, 3.05) is 0 Å². The molecule has 0 bridgehead atoms. The van der Waals surface area contributed by atoms with Crippen LogP contribution >= 0.6 is 11.3 Å². The van der Waals surface area contributed by atoms with Crippen LogP contribution in [0.1, 0.15) is 45.8 Å². The number of hydrogen-bond acceptors (Lipinski definition) is 6. The lowest BCUT2D eigenvalue weighted by Gasteiger charge is -2.10. The zero-order chi connectivity index (χ0) is 18.8. The fraction of sp³-hybridized carbons (Fsp3) is 0.316. The lowest BCUT2D eigenvalue weighted by molar-refractivity contribution is 0.540. The summed E-state index contributed by atoms with van der Waals surface area (Å²) in [6.45, 7) is 6.83. The molecule has 0 fully saturated rings. The Kier molecular flexibility index (Phi) is 4.81. The quantitative estimate of drug-likeness (QED) is 0.514. The summed E-state index contributed by atoms with van der Waals surface area (Å²) in [5.74, 6) is 0. The summed E-state index contributed by atoms with van der Waals surface area (Å²) < 4.78 is 3.90. The first-order chi connectivity index (χ1) is 13.1. The fourth-order valence-electron chi connectivity index (χ4n) is 3.05. The third-order valence-corrected chi connectivity index (χ3v) is 5.42. The van der Waals surface area contributed by atoms with Crippen molar-refractivity contribution >= 4 is 11.3 Å². The molecule has 0 aliphatic rings. The summed E-state index contributed by atoms with van der Waals surface area (Å²) in [6, 6.07) is 10.1. The predicted octanol–water partition coefficient (Wildman–Crippen LogP) is 3.19. The molecular formula is C19H21N7S. The Morgan fingerprint density at radius 1 is 1.07 bits per heavy atom. The van der Waals surface area contributed by atoms with Crippen molar-refractivity contribution in [3.63, 3.8) is 0 Å². The standard InChI is InChI=1S/C19H21N7S/c1-13-10-14(2)26(23-13)15(3)19-22-21-18(27-19)11-16-7-9-25(24-16)12-17-6-4-5-8-20-17/h4-10,15H,11-12H2,1-3H3. The van der Waals surface area contributed by atoms with Gasteiger partial charge in [0.1, 0.15) is 16.1 Å². The molecule has 4 heterocycles. The molecule has 0 aliphatic carbocycles. The van der Waals surface area contributed by atoms with E-state index in [0.29, 0.717) is 13.0 Å². The number of rotatable bonds is 6. The van der Waals surface area contributed by atoms with Gasteiger partial charge in [-0.15, -0.1) is 10.2 Å². The van der Waals surface area contributed by atoms with Gasteiger partial charge in [-0.05, 0) is 45.0 Å². The van der Waals surface area contributed by atoms with E-state index in [4.69, 9.17) is 0 Å². The summed E-state index contributed by atoms with van der Waals surface area (Å²) in [5, 5.41) is 19.8. The van der Waals surface area contributed by atoms with E-state index in [1.54, 1.807) is 17.5 Å². The number of aryl methyl sites for hydroxylation is 2. The molecule has 1 atom stereocenters. The van der Waals surface area contributed by atoms with E-state index in [1.165, 1.54) is 0 Å². The molecule has 0 saturated carbocycles. The van der Waals surface area contributed by atoms with Gasteiger partial charge in [0.25, 0.3) is 0 Å². The Bertz CT molecular complexity index is 1030. The molecule has 0 aliphatic heterocycles. The van der Waals surface area contributed by atoms with Crippen LogP contribution in [0.15, 0.2) is 42.7 Å². The van der Waals surface area contributed by atoms with E-state index in [2.05, 4.69) is 45.3 Å². The SMILES string of the molecule is Cc1cc(C)n(C(C)c2nnc(Cc3ccn(Cc4ccccn4)n3)s2)n1. The van der Waals surface area contributed by atoms with E-state index < -0.39 is 0 Å². The van der Waals surface area contributed by atoms with E-state index in [-0.39, 0.29) is 6.04 Å². The van der Waals surface area contributed by atoms with Gasteiger partial charge in [-0.3, -0.25) is 14.3 Å². The third-order valence-electron chi connectivity index (χ3n) is 4.33. The van der Waals surface area contributed by atoms with Crippen LogP contribution in [0.2, 0.25) is 0 Å². The van der Waals surface area contributed by atoms with Gasteiger partial charge in [0, 0.05) is 24.5 Å². The van der Waals surface area contributed by atoms with Gasteiger partial charge < -0.3 is 0 Å². The Morgan fingerprint density at radius 2 is 1.96 bits per heavy atom. The van der Waals surface area contributed by atoms with Gasteiger partial charge in [0.05, 0.1) is 23.6 Å². The van der Waals surface area contributed by atoms with Gasteiger partial charge in [-0.1, -0.05) is 17.4 Å². The van der Waals surface area contributed by atoms with Crippen molar-refractivity contribution in [2.24, 2.45) is 0 Å². The van der Waals surface area contributed by atoms with Gasteiger partial charge in [0.15, 0.2) is 0 Å². The third kappa shape index (κ3) is 3.95. The summed E-state index contributed by atoms with van der Waals surface area (Å²) in [5.41, 5.74) is 4.11. The second-order valence-corrected chi connectivity index (χ2v) is 7.68. The summed E-state index contributed by atoms with van der Waals surface area (Å²) >= 11 is 1.62. The normalized spacial score (nSPS) is 12.4. The second kappa shape index (κ2) is 7.40. The maximum Gasteiger partial charge on any atom is 0.141 e. The number of nitrogens with zero attached hydrogens (tertiary/aromatic N) is 7. The highest BCUT2D eigenvalue weighted by molar-refractivity contribution is 7.11. The molecule has 4 rings (SSSR count). The molecule has 138 valence electrons. The zero-order valence-electron chi connectivity index (χ0n) is 15.6. The first-order valence-electron chi connectivity index (χ1n) is 8.86. The lowest BCUT2D eigenvalue weighted by atomic mass is 10.3. The number of pyridine rings is 1. The largest absolute Gasteiger partial charge is 0.266 e. The lowest BCUT2D eigenvalue weighted by Crippen LogP contribution is -2.10. The first kappa shape index (κ1) is 17.5. The summed E-state index contributed by atoms with van der Waals surface area (Å²) in [6.07, 6.45) is 4.45. The van der Waals surface area contributed by atoms with Crippen molar-refractivity contribution in [2.45, 2.75) is 39.8 Å². The van der Waals surface area contributed by atoms with Crippen LogP contribution in [-0.4, -0.2) is 34.7 Å². The molecule has 1 unspecified atom stereocenters. The number of aromatic nitrogens is 7. The topological polar surface area (TPSA) is 74.3 Å². The Morgan fingerprint density at radius 3 is 2.70 bits per heavy atom. The van der Waals surface area contributed by atoms with Crippen LogP contribution in [-0.2, 0) is 13.0 Å². The molecule has 7 nitrogen and oxygen atoms in total. The molecule has 27 heavy (non-hydrogen) atoms. The molecule has 0 amide bonds. The van der Waals surface area contributed by atoms with Crippen LogP contribution in [0, 0.1) is 13.8 Å². The zero-order valence-corrected chi connectivity index (χ0v) is 16.4. The maximum absolute atomic E-state index is 4.63. The molecule has 0 N–H and O–H groups in total. The highest BCUT2D eigenvalue weighted by Crippen LogP contribution is 2.24. The molecule has 4 aromatic rings. The minimum atomic E-state index is 0.0756. The maximum atomic E-state index is 4.63. The Labute approximate surface area is 161 Å². The minimum Gasteiger partial charge on any atom is -0.266 e. The average Bonchev–Trinajstić information content (AvgIpc) is 3.37. The molecule has 0 spiro atoms. The smallest absolute Gasteiger partial charge is 0.141 e. The van der Waals surface area contributed by atoms with Crippen molar-refractivity contribution in [1.82, 2.24) is 34.7 Å². The van der Waals surface area contributed by atoms with Crippen molar-refractivity contribution < 1.29 is 0 Å². The first-order valence-corrected chi connectivity index (χ1v) is 9.67. The fourth-order valence-corrected chi connectivity index (χ4v) is 3.94. The highest BCUT2D eigenvalue weighted by atomic mass is 32.1. The molecular weight excluding hydrogens is 358 g/mol. The Balaban J connectivity index is 1.44. The molecule has 4 aromatic heterocycles. The van der Waals surface area contributed by atoms with Crippen molar-refractivity contribution in [3.8, 4) is 0 Å². The molecule has 0 aromatic carbocycles. The van der Waals surface area contributed by atoms with E-state index in [0.717, 1.165) is 32.8 Å². The highest BCUT2D eigenvalue weighted by Gasteiger charge is 2.17. The van der Waals surface area contributed by atoms with E-state index in [9.17, 15) is 0 Å². The van der Waals surface area contributed by atoms with Gasteiger partial charge in [-0.25, -0.2) is 0 Å². The summed E-state index contributed by atoms with van der Waals surface area (Å²) in [4.78, 5) is 4.34. The van der Waals surface area contributed by atoms with Crippen LogP contribution in [0.5, 0.6) is 0 Å².